The van der Waals surface area contributed by atoms with Gasteiger partial charge < -0.3 is 0 Å². The minimum absolute atomic E-state index is 0.0200. The van der Waals surface area contributed by atoms with Gasteiger partial charge in [0.05, 0.1) is 8.07 Å². The maximum Gasteiger partial charge on any atom is 0.126 e. The molecule has 90 valence electrons. The molecule has 0 spiro atoms. The average Bonchev–Trinajstić information content (AvgIpc) is 2.30. The van der Waals surface area contributed by atoms with Crippen molar-refractivity contribution in [2.24, 2.45) is 0 Å². The van der Waals surface area contributed by atoms with Crippen molar-refractivity contribution in [3.63, 3.8) is 0 Å². The lowest BCUT2D eigenvalue weighted by atomic mass is 10.2. The molecule has 0 unspecified atom stereocenters. The number of hydrogen-bond donors (Lipinski definition) is 0. The van der Waals surface area contributed by atoms with Gasteiger partial charge in [-0.05, 0) is 23.7 Å². The summed E-state index contributed by atoms with van der Waals surface area (Å²) in [5, 5.41) is 1.00. The van der Waals surface area contributed by atoms with E-state index in [9.17, 15) is 4.39 Å². The second-order valence-corrected chi connectivity index (χ2v) is 10.4. The second-order valence-electron chi connectivity index (χ2n) is 4.39. The van der Waals surface area contributed by atoms with Gasteiger partial charge in [0.25, 0.3) is 0 Å². The van der Waals surface area contributed by atoms with Crippen molar-refractivity contribution in [3.05, 3.63) is 28.0 Å². The second kappa shape index (κ2) is 5.45. The molecule has 0 aliphatic heterocycles. The third kappa shape index (κ3) is 2.25. The van der Waals surface area contributed by atoms with Crippen molar-refractivity contribution in [3.8, 4) is 0 Å². The first-order valence-electron chi connectivity index (χ1n) is 5.97. The largest absolute Gasteiger partial charge is 0.207 e. The minimum Gasteiger partial charge on any atom is -0.207 e. The highest BCUT2D eigenvalue weighted by Crippen LogP contribution is 2.26. The molecule has 0 saturated heterocycles. The molecule has 0 bridgehead atoms. The monoisotopic (exact) mass is 302 g/mol. The smallest absolute Gasteiger partial charge is 0.126 e. The summed E-state index contributed by atoms with van der Waals surface area (Å²) in [6, 6.07) is 7.18. The summed E-state index contributed by atoms with van der Waals surface area (Å²) in [6.07, 6.45) is 0. The Morgan fingerprint density at radius 3 is 2.06 bits per heavy atom. The third-order valence-corrected chi connectivity index (χ3v) is 10.5. The molecule has 0 saturated carbocycles. The summed E-state index contributed by atoms with van der Waals surface area (Å²) in [5.41, 5.74) is 0.769. The van der Waals surface area contributed by atoms with Crippen molar-refractivity contribution >= 4 is 29.2 Å². The molecule has 0 nitrogen and oxygen atoms in total. The number of benzene rings is 1. The molecule has 1 aromatic rings. The van der Waals surface area contributed by atoms with Gasteiger partial charge in [-0.2, -0.15) is 0 Å². The Bertz CT molecular complexity index is 364. The number of halogens is 2. The Morgan fingerprint density at radius 1 is 1.12 bits per heavy atom. The molecule has 1 rings (SSSR count). The van der Waals surface area contributed by atoms with Crippen LogP contribution in [-0.2, 0) is 0 Å². The number of hydrogen-bond acceptors (Lipinski definition) is 0. The van der Waals surface area contributed by atoms with E-state index in [1.165, 1.54) is 0 Å². The molecule has 0 amide bonds. The van der Waals surface area contributed by atoms with E-state index in [0.717, 1.165) is 33.4 Å². The summed E-state index contributed by atoms with van der Waals surface area (Å²) in [7, 11) is -1.64. The minimum atomic E-state index is -1.64. The van der Waals surface area contributed by atoms with Crippen molar-refractivity contribution < 1.29 is 4.39 Å². The van der Waals surface area contributed by atoms with Crippen LogP contribution in [0.3, 0.4) is 0 Å². The fraction of sp³-hybridized carbons (Fsp3) is 0.538. The zero-order chi connectivity index (χ0) is 12.3. The van der Waals surface area contributed by atoms with Crippen LogP contribution in [0.1, 0.15) is 26.3 Å². The Hall–Kier alpha value is -0.153. The van der Waals surface area contributed by atoms with Gasteiger partial charge in [-0.15, -0.1) is 0 Å². The van der Waals surface area contributed by atoms with Crippen LogP contribution in [-0.4, -0.2) is 8.07 Å². The van der Waals surface area contributed by atoms with Gasteiger partial charge in [0, 0.05) is 4.47 Å². The van der Waals surface area contributed by atoms with E-state index < -0.39 is 8.07 Å². The topological polar surface area (TPSA) is 0 Å². The lowest BCUT2D eigenvalue weighted by Crippen LogP contribution is -2.48. The van der Waals surface area contributed by atoms with E-state index in [2.05, 4.69) is 36.7 Å². The lowest BCUT2D eigenvalue weighted by molar-refractivity contribution is 0.624. The molecule has 0 atom stereocenters. The number of aryl methyl sites for hydroxylation is 1. The molecule has 0 aliphatic rings. The third-order valence-electron chi connectivity index (χ3n) is 3.84. The Labute approximate surface area is 107 Å². The molecule has 16 heavy (non-hydrogen) atoms. The quantitative estimate of drug-likeness (QED) is 0.712. The Morgan fingerprint density at radius 2 is 1.62 bits per heavy atom. The first-order chi connectivity index (χ1) is 7.52. The van der Waals surface area contributed by atoms with E-state index in [-0.39, 0.29) is 5.82 Å². The van der Waals surface area contributed by atoms with E-state index in [0.29, 0.717) is 0 Å². The van der Waals surface area contributed by atoms with E-state index >= 15 is 0 Å². The van der Waals surface area contributed by atoms with Gasteiger partial charge in [-0.25, -0.2) is 4.39 Å². The summed E-state index contributed by atoms with van der Waals surface area (Å²) in [6.45, 7) is 8.46. The predicted molar refractivity (Wildman–Crippen MR) is 75.7 cm³/mol. The van der Waals surface area contributed by atoms with Crippen LogP contribution in [0.2, 0.25) is 18.1 Å². The Balaban J connectivity index is 3.45. The molecule has 1 aromatic carbocycles. The lowest BCUT2D eigenvalue weighted by Gasteiger charge is -2.30. The van der Waals surface area contributed by atoms with Crippen molar-refractivity contribution in [2.75, 3.05) is 0 Å². The van der Waals surface area contributed by atoms with Gasteiger partial charge in [0.15, 0.2) is 0 Å². The standard InChI is InChI=1S/C13H20BrFSi/c1-5-16(6-2,7-3)13-11(14)9-8-10(4)12(13)15/h8-9H,5-7H2,1-4H3. The molecule has 0 radical (unpaired) electrons. The predicted octanol–water partition coefficient (Wildman–Crippen LogP) is 4.61. The molecule has 0 aromatic heterocycles. The zero-order valence-corrected chi connectivity index (χ0v) is 13.1. The first kappa shape index (κ1) is 13.9. The maximum absolute atomic E-state index is 14.3. The molecule has 0 aliphatic carbocycles. The van der Waals surface area contributed by atoms with Crippen LogP contribution in [0.4, 0.5) is 4.39 Å². The first-order valence-corrected chi connectivity index (χ1v) is 9.38. The van der Waals surface area contributed by atoms with Crippen LogP contribution >= 0.6 is 15.9 Å². The van der Waals surface area contributed by atoms with Crippen molar-refractivity contribution in [1.29, 1.82) is 0 Å². The zero-order valence-electron chi connectivity index (χ0n) is 10.5. The molecule has 0 fully saturated rings. The van der Waals surface area contributed by atoms with Gasteiger partial charge in [0.2, 0.25) is 0 Å². The summed E-state index contributed by atoms with van der Waals surface area (Å²) in [5.74, 6) is 0.0200. The van der Waals surface area contributed by atoms with Gasteiger partial charge in [0.1, 0.15) is 5.82 Å². The van der Waals surface area contributed by atoms with Crippen molar-refractivity contribution in [2.45, 2.75) is 45.8 Å². The molecular formula is C13H20BrFSi. The van der Waals surface area contributed by atoms with E-state index in [4.69, 9.17) is 0 Å². The fourth-order valence-electron chi connectivity index (χ4n) is 2.42. The van der Waals surface area contributed by atoms with Gasteiger partial charge >= 0.3 is 0 Å². The van der Waals surface area contributed by atoms with Gasteiger partial charge in [-0.1, -0.05) is 60.9 Å². The highest BCUT2D eigenvalue weighted by atomic mass is 79.9. The van der Waals surface area contributed by atoms with E-state index in [1.807, 2.05) is 19.1 Å². The summed E-state index contributed by atoms with van der Waals surface area (Å²) < 4.78 is 15.3. The molecule has 0 N–H and O–H groups in total. The van der Waals surface area contributed by atoms with Crippen LogP contribution in [0.25, 0.3) is 0 Å². The number of rotatable bonds is 4. The SMILES string of the molecule is CC[Si](CC)(CC)c1c(Br)ccc(C)c1F. The van der Waals surface area contributed by atoms with E-state index in [1.54, 1.807) is 0 Å². The molecule has 0 heterocycles. The van der Waals surface area contributed by atoms with Crippen LogP contribution in [0.5, 0.6) is 0 Å². The maximum atomic E-state index is 14.3. The highest BCUT2D eigenvalue weighted by Gasteiger charge is 2.34. The van der Waals surface area contributed by atoms with Crippen LogP contribution in [0, 0.1) is 12.7 Å². The summed E-state index contributed by atoms with van der Waals surface area (Å²) >= 11 is 3.53. The molecular weight excluding hydrogens is 283 g/mol. The Kier molecular flexibility index (Phi) is 4.74. The van der Waals surface area contributed by atoms with Crippen LogP contribution in [0.15, 0.2) is 16.6 Å². The average molecular weight is 303 g/mol. The highest BCUT2D eigenvalue weighted by molar-refractivity contribution is 9.10. The van der Waals surface area contributed by atoms with Crippen LogP contribution < -0.4 is 5.19 Å². The molecule has 3 heteroatoms. The van der Waals surface area contributed by atoms with Crippen molar-refractivity contribution in [1.82, 2.24) is 0 Å². The summed E-state index contributed by atoms with van der Waals surface area (Å²) in [4.78, 5) is 0. The fourth-order valence-corrected chi connectivity index (χ4v) is 7.80. The normalized spacial score (nSPS) is 11.9. The van der Waals surface area contributed by atoms with Gasteiger partial charge in [-0.3, -0.25) is 0 Å².